The summed E-state index contributed by atoms with van der Waals surface area (Å²) in [7, 11) is 0. The smallest absolute Gasteiger partial charge is 0.253 e. The zero-order valence-corrected chi connectivity index (χ0v) is 17.7. The Kier molecular flexibility index (Phi) is 6.28. The van der Waals surface area contributed by atoms with Gasteiger partial charge in [-0.15, -0.1) is 0 Å². The quantitative estimate of drug-likeness (QED) is 0.659. The topological polar surface area (TPSA) is 85.5 Å². The molecular formula is C25H27N3O3. The molecule has 2 amide bonds. The van der Waals surface area contributed by atoms with E-state index in [2.05, 4.69) is 0 Å². The summed E-state index contributed by atoms with van der Waals surface area (Å²) < 4.78 is 5.42. The molecule has 31 heavy (non-hydrogen) atoms. The molecule has 2 aromatic carbocycles. The van der Waals surface area contributed by atoms with E-state index < -0.39 is 5.91 Å². The SMILES string of the molecule is CCOCc1ccc(C(=O)N2CCCC(c3nc4ccccc4cc3C(N)=O)C2)cc1. The van der Waals surface area contributed by atoms with Crippen LogP contribution in [0.25, 0.3) is 10.9 Å². The van der Waals surface area contributed by atoms with Crippen LogP contribution in [0, 0.1) is 0 Å². The Balaban J connectivity index is 1.56. The number of nitrogens with two attached hydrogens (primary N) is 1. The number of fused-ring (bicyclic) bond motifs is 1. The second-order valence-electron chi connectivity index (χ2n) is 7.90. The van der Waals surface area contributed by atoms with Crippen molar-refractivity contribution in [1.29, 1.82) is 0 Å². The van der Waals surface area contributed by atoms with Crippen LogP contribution >= 0.6 is 0 Å². The second-order valence-corrected chi connectivity index (χ2v) is 7.90. The highest BCUT2D eigenvalue weighted by molar-refractivity contribution is 5.98. The van der Waals surface area contributed by atoms with E-state index >= 15 is 0 Å². The van der Waals surface area contributed by atoms with E-state index in [-0.39, 0.29) is 11.8 Å². The number of hydrogen-bond donors (Lipinski definition) is 1. The fraction of sp³-hybridized carbons (Fsp3) is 0.320. The normalized spacial score (nSPS) is 16.4. The molecule has 1 unspecified atom stereocenters. The third-order valence-corrected chi connectivity index (χ3v) is 5.79. The Labute approximate surface area is 182 Å². The van der Waals surface area contributed by atoms with Crippen molar-refractivity contribution < 1.29 is 14.3 Å². The second kappa shape index (κ2) is 9.27. The summed E-state index contributed by atoms with van der Waals surface area (Å²) in [5.41, 5.74) is 9.34. The molecule has 0 radical (unpaired) electrons. The van der Waals surface area contributed by atoms with Crippen LogP contribution in [0.15, 0.2) is 54.6 Å². The number of likely N-dealkylation sites (tertiary alicyclic amines) is 1. The van der Waals surface area contributed by atoms with E-state index in [1.165, 1.54) is 0 Å². The third-order valence-electron chi connectivity index (χ3n) is 5.79. The van der Waals surface area contributed by atoms with Crippen LogP contribution in [0.3, 0.4) is 0 Å². The number of carbonyl (C=O) groups excluding carboxylic acids is 2. The van der Waals surface area contributed by atoms with Gasteiger partial charge in [-0.05, 0) is 49.6 Å². The number of primary amides is 1. The van der Waals surface area contributed by atoms with Gasteiger partial charge in [0, 0.05) is 36.6 Å². The highest BCUT2D eigenvalue weighted by Gasteiger charge is 2.29. The minimum atomic E-state index is -0.485. The maximum atomic E-state index is 13.1. The fourth-order valence-electron chi connectivity index (χ4n) is 4.17. The first kappa shape index (κ1) is 21.0. The molecule has 4 rings (SSSR count). The molecule has 6 nitrogen and oxygen atoms in total. The molecule has 6 heteroatoms. The first-order valence-corrected chi connectivity index (χ1v) is 10.7. The van der Waals surface area contributed by atoms with Crippen molar-refractivity contribution in [2.24, 2.45) is 5.73 Å². The van der Waals surface area contributed by atoms with Gasteiger partial charge in [0.25, 0.3) is 11.8 Å². The molecule has 2 heterocycles. The third kappa shape index (κ3) is 4.59. The average molecular weight is 418 g/mol. The van der Waals surface area contributed by atoms with Gasteiger partial charge in [0.15, 0.2) is 0 Å². The molecule has 1 fully saturated rings. The predicted molar refractivity (Wildman–Crippen MR) is 120 cm³/mol. The van der Waals surface area contributed by atoms with Crippen LogP contribution < -0.4 is 5.73 Å². The van der Waals surface area contributed by atoms with Crippen molar-refractivity contribution in [3.8, 4) is 0 Å². The van der Waals surface area contributed by atoms with E-state index in [0.717, 1.165) is 29.3 Å². The van der Waals surface area contributed by atoms with Crippen LogP contribution in [-0.2, 0) is 11.3 Å². The lowest BCUT2D eigenvalue weighted by molar-refractivity contribution is 0.0705. The maximum absolute atomic E-state index is 13.1. The first-order chi connectivity index (χ1) is 15.1. The van der Waals surface area contributed by atoms with Gasteiger partial charge in [0.2, 0.25) is 0 Å². The van der Waals surface area contributed by atoms with Gasteiger partial charge >= 0.3 is 0 Å². The van der Waals surface area contributed by atoms with Gasteiger partial charge < -0.3 is 15.4 Å². The zero-order chi connectivity index (χ0) is 21.8. The summed E-state index contributed by atoms with van der Waals surface area (Å²) in [5.74, 6) is -0.516. The molecule has 0 bridgehead atoms. The number of benzene rings is 2. The van der Waals surface area contributed by atoms with E-state index in [1.54, 1.807) is 0 Å². The molecular weight excluding hydrogens is 390 g/mol. The molecule has 160 valence electrons. The van der Waals surface area contributed by atoms with E-state index in [1.807, 2.05) is 66.4 Å². The van der Waals surface area contributed by atoms with E-state index in [4.69, 9.17) is 15.5 Å². The molecule has 2 N–H and O–H groups in total. The molecule has 0 spiro atoms. The summed E-state index contributed by atoms with van der Waals surface area (Å²) in [6.45, 7) is 4.37. The number of pyridine rings is 1. The van der Waals surface area contributed by atoms with Crippen LogP contribution in [0.5, 0.6) is 0 Å². The monoisotopic (exact) mass is 417 g/mol. The van der Waals surface area contributed by atoms with Crippen LogP contribution in [0.4, 0.5) is 0 Å². The Morgan fingerprint density at radius 2 is 1.94 bits per heavy atom. The largest absolute Gasteiger partial charge is 0.377 e. The number of piperidine rings is 1. The van der Waals surface area contributed by atoms with Gasteiger partial charge in [0.1, 0.15) is 0 Å². The molecule has 1 aromatic heterocycles. The summed E-state index contributed by atoms with van der Waals surface area (Å²) in [6.07, 6.45) is 1.72. The number of carbonyl (C=O) groups is 2. The number of amides is 2. The molecule has 3 aromatic rings. The van der Waals surface area contributed by atoms with Gasteiger partial charge in [-0.3, -0.25) is 14.6 Å². The van der Waals surface area contributed by atoms with Crippen molar-refractivity contribution in [2.75, 3.05) is 19.7 Å². The van der Waals surface area contributed by atoms with Crippen molar-refractivity contribution in [2.45, 2.75) is 32.3 Å². The minimum absolute atomic E-state index is 0.00549. The van der Waals surface area contributed by atoms with Crippen molar-refractivity contribution in [3.63, 3.8) is 0 Å². The fourth-order valence-corrected chi connectivity index (χ4v) is 4.17. The van der Waals surface area contributed by atoms with Gasteiger partial charge in [-0.2, -0.15) is 0 Å². The lowest BCUT2D eigenvalue weighted by Crippen LogP contribution is -2.39. The van der Waals surface area contributed by atoms with Gasteiger partial charge in [-0.1, -0.05) is 30.3 Å². The zero-order valence-electron chi connectivity index (χ0n) is 17.7. The summed E-state index contributed by atoms with van der Waals surface area (Å²) in [4.78, 5) is 31.9. The van der Waals surface area contributed by atoms with Crippen LogP contribution in [-0.4, -0.2) is 41.4 Å². The summed E-state index contributed by atoms with van der Waals surface area (Å²) in [5, 5.41) is 0.885. The lowest BCUT2D eigenvalue weighted by Gasteiger charge is -2.33. The Bertz CT molecular complexity index is 1090. The number of rotatable bonds is 6. The molecule has 1 saturated heterocycles. The Morgan fingerprint density at radius 3 is 2.68 bits per heavy atom. The maximum Gasteiger partial charge on any atom is 0.253 e. The number of hydrogen-bond acceptors (Lipinski definition) is 4. The van der Waals surface area contributed by atoms with Crippen LogP contribution in [0.1, 0.15) is 57.7 Å². The molecule has 0 saturated carbocycles. The summed E-state index contributed by atoms with van der Waals surface area (Å²) in [6, 6.07) is 17.1. The Morgan fingerprint density at radius 1 is 1.16 bits per heavy atom. The Hall–Kier alpha value is -3.25. The van der Waals surface area contributed by atoms with Crippen LogP contribution in [0.2, 0.25) is 0 Å². The first-order valence-electron chi connectivity index (χ1n) is 10.7. The summed E-state index contributed by atoms with van der Waals surface area (Å²) >= 11 is 0. The van der Waals surface area contributed by atoms with Crippen molar-refractivity contribution >= 4 is 22.7 Å². The highest BCUT2D eigenvalue weighted by atomic mass is 16.5. The molecule has 1 atom stereocenters. The molecule has 1 aliphatic heterocycles. The molecule has 1 aliphatic rings. The number of nitrogens with zero attached hydrogens (tertiary/aromatic N) is 2. The average Bonchev–Trinajstić information content (AvgIpc) is 2.81. The minimum Gasteiger partial charge on any atom is -0.377 e. The number of ether oxygens (including phenoxy) is 1. The van der Waals surface area contributed by atoms with Crippen molar-refractivity contribution in [3.05, 3.63) is 77.0 Å². The predicted octanol–water partition coefficient (Wildman–Crippen LogP) is 3.89. The van der Waals surface area contributed by atoms with Gasteiger partial charge in [-0.25, -0.2) is 0 Å². The highest BCUT2D eigenvalue weighted by Crippen LogP contribution is 2.30. The number of para-hydroxylation sites is 1. The van der Waals surface area contributed by atoms with E-state index in [0.29, 0.717) is 43.1 Å². The van der Waals surface area contributed by atoms with Crippen molar-refractivity contribution in [1.82, 2.24) is 9.88 Å². The molecule has 0 aliphatic carbocycles. The standard InChI is InChI=1S/C25H27N3O3/c1-2-31-16-17-9-11-18(12-10-17)25(30)28-13-5-7-20(15-28)23-21(24(26)29)14-19-6-3-4-8-22(19)27-23/h3-4,6,8-12,14,20H,2,5,7,13,15-16H2,1H3,(H2,26,29). The lowest BCUT2D eigenvalue weighted by atomic mass is 9.90. The van der Waals surface area contributed by atoms with Gasteiger partial charge in [0.05, 0.1) is 23.4 Å². The number of aromatic nitrogens is 1. The van der Waals surface area contributed by atoms with E-state index in [9.17, 15) is 9.59 Å².